The van der Waals surface area contributed by atoms with Gasteiger partial charge in [-0.05, 0) is 25.1 Å². The Morgan fingerprint density at radius 3 is 2.87 bits per heavy atom. The van der Waals surface area contributed by atoms with E-state index in [2.05, 4.69) is 51.8 Å². The number of rotatable bonds is 3. The van der Waals surface area contributed by atoms with E-state index >= 15 is 0 Å². The number of hydrogen-bond donors (Lipinski definition) is 0. The molecule has 1 aromatic heterocycles. The van der Waals surface area contributed by atoms with Crippen LogP contribution in [0.4, 0.5) is 0 Å². The topological polar surface area (TPSA) is 14.2 Å². The fourth-order valence-electron chi connectivity index (χ4n) is 1.88. The SMILES string of the molecule is CCn1cc(COC)c2cc(Br)ccc21. The summed E-state index contributed by atoms with van der Waals surface area (Å²) in [5.41, 5.74) is 2.52. The first kappa shape index (κ1) is 10.7. The quantitative estimate of drug-likeness (QED) is 0.830. The first-order valence-electron chi connectivity index (χ1n) is 5.02. The first-order chi connectivity index (χ1) is 7.26. The predicted molar refractivity (Wildman–Crippen MR) is 66.0 cm³/mol. The molecule has 0 N–H and O–H groups in total. The highest BCUT2D eigenvalue weighted by Crippen LogP contribution is 2.25. The number of ether oxygens (including phenoxy) is 1. The van der Waals surface area contributed by atoms with Crippen LogP contribution in [0.3, 0.4) is 0 Å². The smallest absolute Gasteiger partial charge is 0.0733 e. The van der Waals surface area contributed by atoms with Crippen molar-refractivity contribution in [3.63, 3.8) is 0 Å². The van der Waals surface area contributed by atoms with Crippen LogP contribution >= 0.6 is 15.9 Å². The molecule has 0 spiro atoms. The Bertz CT molecular complexity index is 476. The minimum absolute atomic E-state index is 0.667. The average Bonchev–Trinajstić information content (AvgIpc) is 2.57. The molecule has 2 nitrogen and oxygen atoms in total. The molecule has 0 aliphatic rings. The van der Waals surface area contributed by atoms with Crippen LogP contribution in [-0.2, 0) is 17.9 Å². The number of aromatic nitrogens is 1. The van der Waals surface area contributed by atoms with Crippen molar-refractivity contribution in [1.29, 1.82) is 0 Å². The molecule has 0 atom stereocenters. The van der Waals surface area contributed by atoms with Crippen LogP contribution in [-0.4, -0.2) is 11.7 Å². The minimum Gasteiger partial charge on any atom is -0.380 e. The lowest BCUT2D eigenvalue weighted by atomic mass is 10.2. The van der Waals surface area contributed by atoms with Crippen molar-refractivity contribution in [2.45, 2.75) is 20.1 Å². The van der Waals surface area contributed by atoms with Crippen molar-refractivity contribution in [1.82, 2.24) is 4.57 Å². The van der Waals surface area contributed by atoms with E-state index in [1.54, 1.807) is 7.11 Å². The number of aryl methyl sites for hydroxylation is 1. The molecule has 0 amide bonds. The van der Waals surface area contributed by atoms with Gasteiger partial charge in [0.1, 0.15) is 0 Å². The van der Waals surface area contributed by atoms with Gasteiger partial charge in [-0.25, -0.2) is 0 Å². The molecule has 0 unspecified atom stereocenters. The number of hydrogen-bond acceptors (Lipinski definition) is 1. The third-order valence-electron chi connectivity index (χ3n) is 2.57. The average molecular weight is 268 g/mol. The monoisotopic (exact) mass is 267 g/mol. The largest absolute Gasteiger partial charge is 0.380 e. The molecule has 80 valence electrons. The third kappa shape index (κ3) is 1.94. The van der Waals surface area contributed by atoms with Gasteiger partial charge in [0.2, 0.25) is 0 Å². The number of fused-ring (bicyclic) bond motifs is 1. The normalized spacial score (nSPS) is 11.1. The molecule has 2 rings (SSSR count). The summed E-state index contributed by atoms with van der Waals surface area (Å²) < 4.78 is 8.56. The molecule has 3 heteroatoms. The Labute approximate surface area is 98.0 Å². The van der Waals surface area contributed by atoms with Gasteiger partial charge in [-0.2, -0.15) is 0 Å². The van der Waals surface area contributed by atoms with E-state index in [4.69, 9.17) is 4.74 Å². The molecule has 2 aromatic rings. The summed E-state index contributed by atoms with van der Waals surface area (Å²) >= 11 is 3.50. The Morgan fingerprint density at radius 1 is 1.40 bits per heavy atom. The van der Waals surface area contributed by atoms with E-state index in [9.17, 15) is 0 Å². The molecular formula is C12H14BrNO. The Hall–Kier alpha value is -0.800. The molecule has 1 heterocycles. The lowest BCUT2D eigenvalue weighted by Crippen LogP contribution is -1.90. The zero-order valence-corrected chi connectivity index (χ0v) is 10.5. The van der Waals surface area contributed by atoms with Crippen LogP contribution in [0.25, 0.3) is 10.9 Å². The lowest BCUT2D eigenvalue weighted by molar-refractivity contribution is 0.186. The maximum absolute atomic E-state index is 5.21. The number of benzene rings is 1. The summed E-state index contributed by atoms with van der Waals surface area (Å²) in [6, 6.07) is 6.36. The summed E-state index contributed by atoms with van der Waals surface area (Å²) in [7, 11) is 1.73. The molecule has 1 aromatic carbocycles. The summed E-state index contributed by atoms with van der Waals surface area (Å²) in [4.78, 5) is 0. The van der Waals surface area contributed by atoms with Crippen LogP contribution in [0.15, 0.2) is 28.9 Å². The van der Waals surface area contributed by atoms with Crippen LogP contribution in [0, 0.1) is 0 Å². The van der Waals surface area contributed by atoms with E-state index in [1.807, 2.05) is 0 Å². The zero-order chi connectivity index (χ0) is 10.8. The number of methoxy groups -OCH3 is 1. The van der Waals surface area contributed by atoms with Gasteiger partial charge in [-0.1, -0.05) is 15.9 Å². The van der Waals surface area contributed by atoms with Gasteiger partial charge < -0.3 is 9.30 Å². The van der Waals surface area contributed by atoms with Crippen molar-refractivity contribution >= 4 is 26.8 Å². The summed E-state index contributed by atoms with van der Waals surface area (Å²) in [6.07, 6.45) is 2.17. The fraction of sp³-hybridized carbons (Fsp3) is 0.333. The van der Waals surface area contributed by atoms with Crippen LogP contribution in [0.2, 0.25) is 0 Å². The molecule has 0 aliphatic carbocycles. The van der Waals surface area contributed by atoms with Crippen molar-refractivity contribution in [3.05, 3.63) is 34.4 Å². The Balaban J connectivity index is 2.64. The second-order valence-corrected chi connectivity index (χ2v) is 4.45. The Kier molecular flexibility index (Phi) is 3.12. The van der Waals surface area contributed by atoms with Gasteiger partial charge in [0, 0.05) is 40.8 Å². The van der Waals surface area contributed by atoms with Crippen LogP contribution in [0.5, 0.6) is 0 Å². The minimum atomic E-state index is 0.667. The number of nitrogens with zero attached hydrogens (tertiary/aromatic N) is 1. The van der Waals surface area contributed by atoms with Gasteiger partial charge in [0.25, 0.3) is 0 Å². The second kappa shape index (κ2) is 4.37. The highest BCUT2D eigenvalue weighted by Gasteiger charge is 2.07. The standard InChI is InChI=1S/C12H14BrNO/c1-3-14-7-9(8-15-2)11-6-10(13)4-5-12(11)14/h4-7H,3,8H2,1-2H3. The Morgan fingerprint density at radius 2 is 2.20 bits per heavy atom. The van der Waals surface area contributed by atoms with Gasteiger partial charge in [-0.3, -0.25) is 0 Å². The summed E-state index contributed by atoms with van der Waals surface area (Å²) in [5, 5.41) is 1.27. The molecular weight excluding hydrogens is 254 g/mol. The van der Waals surface area contributed by atoms with Gasteiger partial charge in [0.05, 0.1) is 6.61 Å². The van der Waals surface area contributed by atoms with E-state index < -0.39 is 0 Å². The number of halogens is 1. The van der Waals surface area contributed by atoms with Crippen LogP contribution in [0.1, 0.15) is 12.5 Å². The molecule has 0 radical (unpaired) electrons. The van der Waals surface area contributed by atoms with E-state index in [-0.39, 0.29) is 0 Å². The predicted octanol–water partition coefficient (Wildman–Crippen LogP) is 3.57. The molecule has 0 aliphatic heterocycles. The van der Waals surface area contributed by atoms with E-state index in [0.29, 0.717) is 6.61 Å². The summed E-state index contributed by atoms with van der Waals surface area (Å²) in [6.45, 7) is 3.81. The van der Waals surface area contributed by atoms with E-state index in [1.165, 1.54) is 16.5 Å². The maximum atomic E-state index is 5.21. The van der Waals surface area contributed by atoms with Crippen LogP contribution < -0.4 is 0 Å². The second-order valence-electron chi connectivity index (χ2n) is 3.53. The highest BCUT2D eigenvalue weighted by atomic mass is 79.9. The molecule has 0 fully saturated rings. The van der Waals surface area contributed by atoms with Crippen molar-refractivity contribution in [3.8, 4) is 0 Å². The lowest BCUT2D eigenvalue weighted by Gasteiger charge is -1.99. The van der Waals surface area contributed by atoms with Crippen molar-refractivity contribution in [2.75, 3.05) is 7.11 Å². The van der Waals surface area contributed by atoms with Gasteiger partial charge in [0.15, 0.2) is 0 Å². The summed E-state index contributed by atoms with van der Waals surface area (Å²) in [5.74, 6) is 0. The third-order valence-corrected chi connectivity index (χ3v) is 3.06. The first-order valence-corrected chi connectivity index (χ1v) is 5.81. The highest BCUT2D eigenvalue weighted by molar-refractivity contribution is 9.10. The zero-order valence-electron chi connectivity index (χ0n) is 8.96. The molecule has 0 saturated heterocycles. The fourth-order valence-corrected chi connectivity index (χ4v) is 2.24. The van der Waals surface area contributed by atoms with Crippen molar-refractivity contribution in [2.24, 2.45) is 0 Å². The van der Waals surface area contributed by atoms with Gasteiger partial charge in [-0.15, -0.1) is 0 Å². The van der Waals surface area contributed by atoms with Gasteiger partial charge >= 0.3 is 0 Å². The molecule has 0 saturated carbocycles. The molecule has 15 heavy (non-hydrogen) atoms. The molecule has 0 bridgehead atoms. The van der Waals surface area contributed by atoms with E-state index in [0.717, 1.165) is 11.0 Å². The maximum Gasteiger partial charge on any atom is 0.0733 e. The van der Waals surface area contributed by atoms with Crippen molar-refractivity contribution < 1.29 is 4.74 Å².